The van der Waals surface area contributed by atoms with E-state index in [-0.39, 0.29) is 64.4 Å². The lowest BCUT2D eigenvalue weighted by molar-refractivity contribution is -0.246. The number of aliphatic carboxylic acids is 1. The number of carbonyl (C=O) groups is 4. The summed E-state index contributed by atoms with van der Waals surface area (Å²) in [6, 6.07) is -0.220. The highest BCUT2D eigenvalue weighted by Gasteiger charge is 2.74. The summed E-state index contributed by atoms with van der Waals surface area (Å²) in [7, 11) is 0. The standard InChI is InChI=1S/C44H69N3O7/c1-24(2)33-29(48)22-43(31(49)23-47-35(50)28-11-10-20-46-28)18-16-40(7)25(34(33)43)12-13-30-41(40,8)17-19-44(45)39(5,6)32(14-15-42(30,44)9)54-37(53)27-21-26(36(51)52)38(27,3)4/h24-28,30-32,46,49H,10-23,45H2,1-9H3,(H,47,50)(H,51,52)/t25?,26-,27+,28-,30-,31-,32?,40+,41?,42?,43-,44+/m0/s1. The van der Waals surface area contributed by atoms with Gasteiger partial charge in [-0.05, 0) is 122 Å². The van der Waals surface area contributed by atoms with Crippen LogP contribution >= 0.6 is 0 Å². The third-order valence-corrected chi connectivity index (χ3v) is 18.5. The number of aliphatic hydroxyl groups excluding tert-OH is 1. The van der Waals surface area contributed by atoms with Crippen molar-refractivity contribution in [1.29, 1.82) is 0 Å². The van der Waals surface area contributed by atoms with Crippen molar-refractivity contribution in [3.8, 4) is 0 Å². The molecule has 1 heterocycles. The number of Topliss-reactive ketones (excluding diaryl/α,β-unsaturated/α-hetero) is 1. The zero-order valence-corrected chi connectivity index (χ0v) is 34.5. The Morgan fingerprint density at radius 3 is 2.20 bits per heavy atom. The quantitative estimate of drug-likeness (QED) is 0.189. The van der Waals surface area contributed by atoms with Crippen molar-refractivity contribution in [2.75, 3.05) is 13.1 Å². The van der Waals surface area contributed by atoms with Crippen molar-refractivity contribution in [3.05, 3.63) is 11.1 Å². The first-order valence-corrected chi connectivity index (χ1v) is 21.2. The molecule has 5 saturated carbocycles. The van der Waals surface area contributed by atoms with E-state index < -0.39 is 45.7 Å². The van der Waals surface area contributed by atoms with Gasteiger partial charge in [0, 0.05) is 29.3 Å². The second kappa shape index (κ2) is 12.9. The minimum atomic E-state index is -0.857. The van der Waals surface area contributed by atoms with Gasteiger partial charge < -0.3 is 31.3 Å². The maximum Gasteiger partial charge on any atom is 0.309 e. The van der Waals surface area contributed by atoms with Crippen molar-refractivity contribution < 1.29 is 34.1 Å². The van der Waals surface area contributed by atoms with Gasteiger partial charge in [-0.15, -0.1) is 0 Å². The number of esters is 1. The second-order valence-corrected chi connectivity index (χ2v) is 21.2. The third-order valence-electron chi connectivity index (χ3n) is 18.5. The fourth-order valence-corrected chi connectivity index (χ4v) is 14.6. The summed E-state index contributed by atoms with van der Waals surface area (Å²) < 4.78 is 6.39. The SMILES string of the molecule is CC(C)C1=C2C3CC[C@@H]4C5(C)CCC(OC(=O)[C@H]6C[C@@H](C(=O)O)C6(C)C)C(C)(C)[C@]5(N)CCC4(C)[C@]3(C)CC[C@@]2([C@@H](O)CNC(=O)[C@@H]2CCCN2)CC1=O. The molecule has 1 saturated heterocycles. The van der Waals surface area contributed by atoms with Crippen molar-refractivity contribution in [3.63, 3.8) is 0 Å². The average molecular weight is 752 g/mol. The topological polar surface area (TPSA) is 168 Å². The molecule has 10 nitrogen and oxygen atoms in total. The fourth-order valence-electron chi connectivity index (χ4n) is 14.6. The van der Waals surface area contributed by atoms with Gasteiger partial charge in [0.1, 0.15) is 6.10 Å². The lowest BCUT2D eigenvalue weighted by Crippen LogP contribution is -2.77. The number of hydrogen-bond acceptors (Lipinski definition) is 8. The summed E-state index contributed by atoms with van der Waals surface area (Å²) in [4.78, 5) is 52.5. The Bertz CT molecular complexity index is 1630. The molecule has 10 heteroatoms. The van der Waals surface area contributed by atoms with Gasteiger partial charge in [-0.2, -0.15) is 0 Å². The predicted molar refractivity (Wildman–Crippen MR) is 206 cm³/mol. The van der Waals surface area contributed by atoms with E-state index in [0.717, 1.165) is 63.5 Å². The average Bonchev–Trinajstić information content (AvgIpc) is 3.73. The van der Waals surface area contributed by atoms with Gasteiger partial charge in [0.05, 0.1) is 24.0 Å². The van der Waals surface area contributed by atoms with Gasteiger partial charge in [-0.25, -0.2) is 0 Å². The van der Waals surface area contributed by atoms with Crippen LogP contribution in [0.1, 0.15) is 139 Å². The zero-order valence-electron chi connectivity index (χ0n) is 34.5. The highest BCUT2D eigenvalue weighted by atomic mass is 16.5. The molecule has 1 aliphatic heterocycles. The Labute approximate surface area is 322 Å². The minimum absolute atomic E-state index is 0.0478. The van der Waals surface area contributed by atoms with Crippen LogP contribution in [0, 0.1) is 62.1 Å². The number of aliphatic hydroxyl groups is 1. The van der Waals surface area contributed by atoms with Crippen molar-refractivity contribution in [2.45, 2.75) is 163 Å². The number of hydrogen-bond donors (Lipinski definition) is 5. The first-order chi connectivity index (χ1) is 25.0. The van der Waals surface area contributed by atoms with Gasteiger partial charge in [-0.1, -0.05) is 67.9 Å². The van der Waals surface area contributed by atoms with E-state index in [1.54, 1.807) is 0 Å². The minimum Gasteiger partial charge on any atom is -0.481 e. The number of nitrogens with one attached hydrogen (secondary N) is 2. The molecule has 0 bridgehead atoms. The molecule has 0 aromatic rings. The molecule has 302 valence electrons. The van der Waals surface area contributed by atoms with Gasteiger partial charge in [0.2, 0.25) is 5.91 Å². The highest BCUT2D eigenvalue weighted by molar-refractivity contribution is 6.01. The van der Waals surface area contributed by atoms with Crippen molar-refractivity contribution in [1.82, 2.24) is 10.6 Å². The Kier molecular flexibility index (Phi) is 9.50. The van der Waals surface area contributed by atoms with Crippen LogP contribution in [-0.2, 0) is 23.9 Å². The monoisotopic (exact) mass is 752 g/mol. The number of ether oxygens (including phenoxy) is 1. The van der Waals surface area contributed by atoms with Crippen LogP contribution in [0.5, 0.6) is 0 Å². The summed E-state index contributed by atoms with van der Waals surface area (Å²) in [5.41, 5.74) is 7.05. The molecule has 4 unspecified atom stereocenters. The number of carbonyl (C=O) groups excluding carboxylic acids is 3. The van der Waals surface area contributed by atoms with E-state index in [1.165, 1.54) is 5.57 Å². The molecule has 0 aromatic carbocycles. The molecule has 0 aromatic heterocycles. The van der Waals surface area contributed by atoms with Crippen LogP contribution in [0.15, 0.2) is 11.1 Å². The molecule has 7 rings (SSSR count). The largest absolute Gasteiger partial charge is 0.481 e. The Morgan fingerprint density at radius 2 is 1.59 bits per heavy atom. The Morgan fingerprint density at radius 1 is 0.907 bits per heavy atom. The molecular formula is C44H69N3O7. The van der Waals surface area contributed by atoms with Gasteiger partial charge in [0.15, 0.2) is 5.78 Å². The first kappa shape index (κ1) is 39.9. The van der Waals surface area contributed by atoms with E-state index in [9.17, 15) is 29.4 Å². The van der Waals surface area contributed by atoms with E-state index in [4.69, 9.17) is 10.5 Å². The lowest BCUT2D eigenvalue weighted by atomic mass is 9.31. The van der Waals surface area contributed by atoms with Gasteiger partial charge >= 0.3 is 11.9 Å². The molecule has 7 aliphatic rings. The van der Waals surface area contributed by atoms with Gasteiger partial charge in [-0.3, -0.25) is 19.2 Å². The number of allylic oxidation sites excluding steroid dienone is 1. The molecule has 6 N–H and O–H groups in total. The summed E-state index contributed by atoms with van der Waals surface area (Å²) in [5, 5.41) is 28.1. The van der Waals surface area contributed by atoms with Crippen LogP contribution in [0.25, 0.3) is 0 Å². The number of carboxylic acids is 1. The second-order valence-electron chi connectivity index (χ2n) is 21.2. The molecule has 6 aliphatic carbocycles. The Balaban J connectivity index is 1.15. The third kappa shape index (κ3) is 5.19. The normalized spacial score (nSPS) is 45.4. The molecule has 12 atom stereocenters. The smallest absolute Gasteiger partial charge is 0.309 e. The summed E-state index contributed by atoms with van der Waals surface area (Å²) in [5.74, 6) is -1.52. The molecule has 0 spiro atoms. The van der Waals surface area contributed by atoms with Gasteiger partial charge in [0.25, 0.3) is 0 Å². The van der Waals surface area contributed by atoms with Crippen LogP contribution < -0.4 is 16.4 Å². The molecular weight excluding hydrogens is 682 g/mol. The number of ketones is 1. The summed E-state index contributed by atoms with van der Waals surface area (Å²) in [6.07, 6.45) is 7.97. The van der Waals surface area contributed by atoms with Crippen LogP contribution in [0.4, 0.5) is 0 Å². The molecule has 0 radical (unpaired) electrons. The summed E-state index contributed by atoms with van der Waals surface area (Å²) >= 11 is 0. The molecule has 54 heavy (non-hydrogen) atoms. The maximum absolute atomic E-state index is 14.0. The van der Waals surface area contributed by atoms with Crippen molar-refractivity contribution >= 4 is 23.6 Å². The zero-order chi connectivity index (χ0) is 39.6. The number of fused-ring (bicyclic) bond motifs is 7. The van der Waals surface area contributed by atoms with E-state index >= 15 is 0 Å². The van der Waals surface area contributed by atoms with E-state index in [2.05, 4.69) is 59.1 Å². The predicted octanol–water partition coefficient (Wildman–Crippen LogP) is 5.94. The van der Waals surface area contributed by atoms with Crippen LogP contribution in [-0.4, -0.2) is 70.7 Å². The summed E-state index contributed by atoms with van der Waals surface area (Å²) in [6.45, 7) is 20.7. The molecule has 1 amide bonds. The number of rotatable bonds is 8. The first-order valence-electron chi connectivity index (χ1n) is 21.2. The van der Waals surface area contributed by atoms with E-state index in [0.29, 0.717) is 31.6 Å². The highest BCUT2D eigenvalue weighted by Crippen LogP contribution is 2.77. The van der Waals surface area contributed by atoms with E-state index in [1.807, 2.05) is 13.8 Å². The van der Waals surface area contributed by atoms with Crippen molar-refractivity contribution in [2.24, 2.45) is 67.8 Å². The fraction of sp³-hybridized carbons (Fsp3) is 0.864. The van der Waals surface area contributed by atoms with Crippen LogP contribution in [0.2, 0.25) is 0 Å². The molecule has 6 fully saturated rings. The maximum atomic E-state index is 14.0. The number of amides is 1. The number of nitrogens with two attached hydrogens (primary N) is 1. The van der Waals surface area contributed by atoms with Crippen LogP contribution in [0.3, 0.4) is 0 Å². The lowest BCUT2D eigenvalue weighted by Gasteiger charge is -2.75. The Hall–Kier alpha value is -2.30. The number of carboxylic acid groups (broad SMARTS) is 1.